The summed E-state index contributed by atoms with van der Waals surface area (Å²) in [6.07, 6.45) is 8.00. The van der Waals surface area contributed by atoms with E-state index in [2.05, 4.69) is 6.58 Å². The molecule has 0 unspecified atom stereocenters. The predicted octanol–water partition coefficient (Wildman–Crippen LogP) is 4.19. The summed E-state index contributed by atoms with van der Waals surface area (Å²) in [6.45, 7) is 7.32. The zero-order valence-corrected chi connectivity index (χ0v) is 16.5. The van der Waals surface area contributed by atoms with Gasteiger partial charge in [-0.2, -0.15) is 0 Å². The molecule has 0 amide bonds. The van der Waals surface area contributed by atoms with Crippen molar-refractivity contribution >= 4 is 17.5 Å². The molecule has 0 heterocycles. The molecule has 0 spiro atoms. The fourth-order valence-electron chi connectivity index (χ4n) is 2.88. The first-order valence-electron chi connectivity index (χ1n) is 9.23. The van der Waals surface area contributed by atoms with Crippen LogP contribution >= 0.6 is 0 Å². The maximum Gasteiger partial charge on any atom is 0.331 e. The molecule has 0 saturated heterocycles. The van der Waals surface area contributed by atoms with Crippen molar-refractivity contribution in [3.63, 3.8) is 0 Å². The fraction of sp³-hybridized carbons (Fsp3) is 0.261. The highest BCUT2D eigenvalue weighted by molar-refractivity contribution is 6.27. The van der Waals surface area contributed by atoms with E-state index in [1.54, 1.807) is 18.2 Å². The number of carbonyl (C=O) groups excluding carboxylic acids is 3. The predicted molar refractivity (Wildman–Crippen MR) is 109 cm³/mol. The Labute approximate surface area is 169 Å². The molecule has 1 atom stereocenters. The summed E-state index contributed by atoms with van der Waals surface area (Å²) >= 11 is 0. The maximum absolute atomic E-state index is 13.0. The minimum absolute atomic E-state index is 0.0475. The van der Waals surface area contributed by atoms with Gasteiger partial charge in [0.05, 0.1) is 11.1 Å². The largest absolute Gasteiger partial charge is 0.507 e. The fourth-order valence-corrected chi connectivity index (χ4v) is 2.88. The van der Waals surface area contributed by atoms with Crippen molar-refractivity contribution in [1.82, 2.24) is 0 Å². The monoisotopic (exact) mass is 396 g/mol. The lowest BCUT2D eigenvalue weighted by Crippen LogP contribution is -2.28. The average Bonchev–Trinajstić information content (AvgIpc) is 2.67. The minimum Gasteiger partial charge on any atom is -0.507 e. The molecule has 1 aromatic carbocycles. The first-order chi connectivity index (χ1) is 13.8. The van der Waals surface area contributed by atoms with Gasteiger partial charge in [0.1, 0.15) is 17.6 Å². The molecule has 2 rings (SSSR count). The Morgan fingerprint density at radius 1 is 1.14 bits per heavy atom. The van der Waals surface area contributed by atoms with Crippen LogP contribution in [0.5, 0.6) is 11.5 Å². The molecule has 0 aliphatic heterocycles. The molecule has 152 valence electrons. The molecule has 2 N–H and O–H groups in total. The second-order valence-corrected chi connectivity index (χ2v) is 6.86. The van der Waals surface area contributed by atoms with Crippen LogP contribution in [0.1, 0.15) is 53.8 Å². The number of benzene rings is 1. The number of Topliss-reactive ketones (excluding diaryl/α,β-unsaturated/α-hetero) is 1. The summed E-state index contributed by atoms with van der Waals surface area (Å²) in [5.74, 6) is -2.76. The van der Waals surface area contributed by atoms with Crippen molar-refractivity contribution in [3.05, 3.63) is 71.4 Å². The SMILES string of the molecule is C=CCC/C=C/C(=O)O[C@H](CC=C(C)C)C1=CC(=O)c2c(O)ccc(O)c2C1=O. The highest BCUT2D eigenvalue weighted by atomic mass is 16.5. The van der Waals surface area contributed by atoms with E-state index in [0.29, 0.717) is 12.8 Å². The summed E-state index contributed by atoms with van der Waals surface area (Å²) < 4.78 is 5.44. The number of hydrogen-bond acceptors (Lipinski definition) is 6. The summed E-state index contributed by atoms with van der Waals surface area (Å²) in [5, 5.41) is 20.0. The average molecular weight is 396 g/mol. The maximum atomic E-state index is 13.0. The molecule has 0 saturated carbocycles. The molecule has 0 fully saturated rings. The molecule has 29 heavy (non-hydrogen) atoms. The molecule has 0 radical (unpaired) electrons. The van der Waals surface area contributed by atoms with Crippen LogP contribution in [0.4, 0.5) is 0 Å². The summed E-state index contributed by atoms with van der Waals surface area (Å²) in [7, 11) is 0. The van der Waals surface area contributed by atoms with Crippen molar-refractivity contribution in [3.8, 4) is 11.5 Å². The van der Waals surface area contributed by atoms with Crippen LogP contribution < -0.4 is 0 Å². The third kappa shape index (κ3) is 5.31. The number of hydrogen-bond donors (Lipinski definition) is 2. The van der Waals surface area contributed by atoms with E-state index in [9.17, 15) is 24.6 Å². The minimum atomic E-state index is -1.01. The lowest BCUT2D eigenvalue weighted by molar-refractivity contribution is -0.141. The highest BCUT2D eigenvalue weighted by Crippen LogP contribution is 2.36. The van der Waals surface area contributed by atoms with Gasteiger partial charge in [0.2, 0.25) is 0 Å². The van der Waals surface area contributed by atoms with Gasteiger partial charge in [0.15, 0.2) is 11.6 Å². The van der Waals surface area contributed by atoms with E-state index in [1.807, 2.05) is 13.8 Å². The third-order valence-corrected chi connectivity index (χ3v) is 4.32. The summed E-state index contributed by atoms with van der Waals surface area (Å²) in [6, 6.07) is 2.29. The lowest BCUT2D eigenvalue weighted by atomic mass is 9.85. The van der Waals surface area contributed by atoms with E-state index in [0.717, 1.165) is 23.8 Å². The Hall–Kier alpha value is -3.41. The van der Waals surface area contributed by atoms with Crippen LogP contribution in [0.15, 0.2) is 60.2 Å². The van der Waals surface area contributed by atoms with Gasteiger partial charge < -0.3 is 14.9 Å². The van der Waals surface area contributed by atoms with Gasteiger partial charge in [-0.25, -0.2) is 4.79 Å². The molecular weight excluding hydrogens is 372 g/mol. The van der Waals surface area contributed by atoms with Crippen LogP contribution in [0.25, 0.3) is 0 Å². The Morgan fingerprint density at radius 2 is 1.79 bits per heavy atom. The first kappa shape index (κ1) is 21.9. The zero-order chi connectivity index (χ0) is 21.6. The van der Waals surface area contributed by atoms with E-state index < -0.39 is 35.1 Å². The number of carbonyl (C=O) groups is 3. The topological polar surface area (TPSA) is 101 Å². The second-order valence-electron chi connectivity index (χ2n) is 6.86. The van der Waals surface area contributed by atoms with Crippen molar-refractivity contribution < 1.29 is 29.3 Å². The lowest BCUT2D eigenvalue weighted by Gasteiger charge is -2.23. The van der Waals surface area contributed by atoms with Crippen molar-refractivity contribution in [1.29, 1.82) is 0 Å². The van der Waals surface area contributed by atoms with Crippen LogP contribution in [0.2, 0.25) is 0 Å². The number of esters is 1. The van der Waals surface area contributed by atoms with Crippen molar-refractivity contribution in [2.75, 3.05) is 0 Å². The number of fused-ring (bicyclic) bond motifs is 1. The Morgan fingerprint density at radius 3 is 2.41 bits per heavy atom. The molecule has 1 aromatic rings. The van der Waals surface area contributed by atoms with Gasteiger partial charge in [-0.15, -0.1) is 6.58 Å². The van der Waals surface area contributed by atoms with Gasteiger partial charge >= 0.3 is 5.97 Å². The van der Waals surface area contributed by atoms with Gasteiger partial charge in [-0.3, -0.25) is 9.59 Å². The molecule has 0 bridgehead atoms. The summed E-state index contributed by atoms with van der Waals surface area (Å²) in [5.41, 5.74) is 0.361. The van der Waals surface area contributed by atoms with E-state index in [1.165, 1.54) is 6.08 Å². The molecule has 1 aliphatic rings. The Balaban J connectivity index is 2.37. The number of ketones is 2. The molecule has 1 aliphatic carbocycles. The van der Waals surface area contributed by atoms with E-state index in [4.69, 9.17) is 4.74 Å². The highest BCUT2D eigenvalue weighted by Gasteiger charge is 2.35. The standard InChI is InChI=1S/C23H24O6/c1-4-5-6-7-8-20(27)29-19(12-9-14(2)3)15-13-18(26)21-16(24)10-11-17(25)22(21)23(15)28/h4,7-11,13,19,24-25H,1,5-6,12H2,2-3H3/b8-7+/t19-/m1/s1. The number of phenols is 2. The van der Waals surface area contributed by atoms with Crippen molar-refractivity contribution in [2.24, 2.45) is 0 Å². The van der Waals surface area contributed by atoms with E-state index in [-0.39, 0.29) is 23.1 Å². The number of phenolic OH excluding ortho intramolecular Hbond substituents is 2. The molecule has 6 heteroatoms. The van der Waals surface area contributed by atoms with Gasteiger partial charge in [-0.05, 0) is 44.9 Å². The van der Waals surface area contributed by atoms with Crippen LogP contribution in [-0.2, 0) is 9.53 Å². The van der Waals surface area contributed by atoms with E-state index >= 15 is 0 Å². The Kier molecular flexibility index (Phi) is 7.31. The number of rotatable bonds is 8. The van der Waals surface area contributed by atoms with Crippen LogP contribution in [0, 0.1) is 0 Å². The Bertz CT molecular complexity index is 929. The number of allylic oxidation sites excluding steroid dienone is 4. The first-order valence-corrected chi connectivity index (χ1v) is 9.23. The quantitative estimate of drug-likeness (QED) is 0.225. The molecule has 0 aromatic heterocycles. The van der Waals surface area contributed by atoms with Gasteiger partial charge in [0, 0.05) is 18.1 Å². The molecular formula is C23H24O6. The summed E-state index contributed by atoms with van der Waals surface area (Å²) in [4.78, 5) is 37.7. The number of aromatic hydroxyl groups is 2. The number of ether oxygens (including phenoxy) is 1. The molecule has 6 nitrogen and oxygen atoms in total. The van der Waals surface area contributed by atoms with Crippen LogP contribution in [0.3, 0.4) is 0 Å². The normalized spacial score (nSPS) is 14.2. The van der Waals surface area contributed by atoms with Gasteiger partial charge in [-0.1, -0.05) is 23.8 Å². The smallest absolute Gasteiger partial charge is 0.331 e. The second kappa shape index (κ2) is 9.68. The zero-order valence-electron chi connectivity index (χ0n) is 16.5. The van der Waals surface area contributed by atoms with Crippen LogP contribution in [-0.4, -0.2) is 33.9 Å². The number of unbranched alkanes of at least 4 members (excludes halogenated alkanes) is 1. The third-order valence-electron chi connectivity index (χ3n) is 4.32. The van der Waals surface area contributed by atoms with Crippen molar-refractivity contribution in [2.45, 2.75) is 39.2 Å². The van der Waals surface area contributed by atoms with Gasteiger partial charge in [0.25, 0.3) is 0 Å².